The quantitative estimate of drug-likeness (QED) is 0.733. The van der Waals surface area contributed by atoms with Crippen LogP contribution < -0.4 is 0 Å². The lowest BCUT2D eigenvalue weighted by atomic mass is 9.89. The Labute approximate surface area is 113 Å². The summed E-state index contributed by atoms with van der Waals surface area (Å²) in [4.78, 5) is 0. The van der Waals surface area contributed by atoms with Gasteiger partial charge in [0.25, 0.3) is 0 Å². The molecule has 1 aliphatic rings. The van der Waals surface area contributed by atoms with Crippen LogP contribution in [-0.4, -0.2) is 32.7 Å². The summed E-state index contributed by atoms with van der Waals surface area (Å²) in [5.74, 6) is 1.96. The predicted molar refractivity (Wildman–Crippen MR) is 79.1 cm³/mol. The standard InChI is InChI=1S/C13H27BO3Si/c1-11(15-18(6,7)8)9-10-14-16-12(2,3)13(4,5)17-14/h9-11H,1-8H3/b10-9+/t11-/m0/s1. The second kappa shape index (κ2) is 5.12. The summed E-state index contributed by atoms with van der Waals surface area (Å²) in [5.41, 5.74) is -0.546. The Hall–Kier alpha value is -0.0982. The fourth-order valence-corrected chi connectivity index (χ4v) is 3.01. The Bertz CT molecular complexity index is 305. The molecule has 1 aliphatic heterocycles. The molecule has 0 aromatic carbocycles. The van der Waals surface area contributed by atoms with Crippen molar-refractivity contribution in [2.75, 3.05) is 0 Å². The van der Waals surface area contributed by atoms with Gasteiger partial charge in [0.1, 0.15) is 0 Å². The number of rotatable bonds is 4. The molecule has 3 nitrogen and oxygen atoms in total. The molecular weight excluding hydrogens is 243 g/mol. The second-order valence-corrected chi connectivity index (χ2v) is 11.4. The molecule has 0 aliphatic carbocycles. The Balaban J connectivity index is 2.55. The van der Waals surface area contributed by atoms with Gasteiger partial charge in [0.15, 0.2) is 8.32 Å². The third kappa shape index (κ3) is 4.23. The van der Waals surface area contributed by atoms with Crippen molar-refractivity contribution < 1.29 is 13.7 Å². The highest BCUT2D eigenvalue weighted by atomic mass is 28.4. The molecule has 0 aromatic heterocycles. The van der Waals surface area contributed by atoms with Crippen LogP contribution in [0.15, 0.2) is 12.1 Å². The molecule has 0 N–H and O–H groups in total. The van der Waals surface area contributed by atoms with Gasteiger partial charge in [0.2, 0.25) is 0 Å². The lowest BCUT2D eigenvalue weighted by Gasteiger charge is -2.32. The van der Waals surface area contributed by atoms with Crippen molar-refractivity contribution in [3.63, 3.8) is 0 Å². The molecule has 0 bridgehead atoms. The van der Waals surface area contributed by atoms with Crippen LogP contribution in [0.2, 0.25) is 19.6 Å². The molecule has 0 radical (unpaired) electrons. The molecule has 18 heavy (non-hydrogen) atoms. The fourth-order valence-electron chi connectivity index (χ4n) is 1.81. The second-order valence-electron chi connectivity index (χ2n) is 6.94. The zero-order valence-electron chi connectivity index (χ0n) is 13.0. The van der Waals surface area contributed by atoms with Crippen LogP contribution in [0.4, 0.5) is 0 Å². The van der Waals surface area contributed by atoms with Gasteiger partial charge in [-0.1, -0.05) is 12.1 Å². The summed E-state index contributed by atoms with van der Waals surface area (Å²) >= 11 is 0. The van der Waals surface area contributed by atoms with E-state index in [2.05, 4.69) is 54.3 Å². The highest BCUT2D eigenvalue weighted by Crippen LogP contribution is 2.36. The van der Waals surface area contributed by atoms with Crippen LogP contribution >= 0.6 is 0 Å². The normalized spacial score (nSPS) is 24.8. The van der Waals surface area contributed by atoms with Crippen LogP contribution in [0.1, 0.15) is 34.6 Å². The summed E-state index contributed by atoms with van der Waals surface area (Å²) in [6.07, 6.45) is 2.14. The molecule has 1 fully saturated rings. The van der Waals surface area contributed by atoms with Gasteiger partial charge in [-0.15, -0.1) is 0 Å². The minimum Gasteiger partial charge on any atom is -0.412 e. The zero-order chi connectivity index (χ0) is 14.2. The summed E-state index contributed by atoms with van der Waals surface area (Å²) in [6.45, 7) is 16.8. The number of hydrogen-bond acceptors (Lipinski definition) is 3. The van der Waals surface area contributed by atoms with Gasteiger partial charge in [-0.3, -0.25) is 0 Å². The van der Waals surface area contributed by atoms with Gasteiger partial charge in [0.05, 0.1) is 17.3 Å². The van der Waals surface area contributed by atoms with Crippen LogP contribution in [0.5, 0.6) is 0 Å². The fraction of sp³-hybridized carbons (Fsp3) is 0.846. The van der Waals surface area contributed by atoms with E-state index in [1.165, 1.54) is 0 Å². The smallest absolute Gasteiger partial charge is 0.412 e. The van der Waals surface area contributed by atoms with E-state index in [0.717, 1.165) is 0 Å². The molecule has 1 saturated heterocycles. The van der Waals surface area contributed by atoms with E-state index in [1.54, 1.807) is 0 Å². The van der Waals surface area contributed by atoms with E-state index in [-0.39, 0.29) is 24.4 Å². The molecule has 1 heterocycles. The minimum atomic E-state index is -1.49. The van der Waals surface area contributed by atoms with E-state index in [1.807, 2.05) is 12.1 Å². The van der Waals surface area contributed by atoms with E-state index in [4.69, 9.17) is 13.7 Å². The van der Waals surface area contributed by atoms with Gasteiger partial charge < -0.3 is 13.7 Å². The first-order valence-corrected chi connectivity index (χ1v) is 10.1. The van der Waals surface area contributed by atoms with Crippen molar-refractivity contribution in [3.05, 3.63) is 12.1 Å². The highest BCUT2D eigenvalue weighted by molar-refractivity contribution is 6.69. The van der Waals surface area contributed by atoms with Crippen LogP contribution in [0.3, 0.4) is 0 Å². The first-order valence-electron chi connectivity index (χ1n) is 6.65. The van der Waals surface area contributed by atoms with Gasteiger partial charge in [0, 0.05) is 0 Å². The molecule has 1 atom stereocenters. The lowest BCUT2D eigenvalue weighted by Crippen LogP contribution is -2.41. The van der Waals surface area contributed by atoms with Crippen molar-refractivity contribution >= 4 is 15.4 Å². The predicted octanol–water partition coefficient (Wildman–Crippen LogP) is 3.41. The van der Waals surface area contributed by atoms with E-state index in [0.29, 0.717) is 0 Å². The molecule has 0 aromatic rings. The third-order valence-electron chi connectivity index (χ3n) is 3.35. The van der Waals surface area contributed by atoms with Crippen molar-refractivity contribution in [3.8, 4) is 0 Å². The SMILES string of the molecule is C[C@@H](/C=C/B1OC(C)(C)C(C)(C)O1)O[Si](C)(C)C. The first-order chi connectivity index (χ1) is 7.93. The van der Waals surface area contributed by atoms with Crippen LogP contribution in [0, 0.1) is 0 Å². The minimum absolute atomic E-state index is 0.107. The summed E-state index contributed by atoms with van der Waals surface area (Å²) in [7, 11) is -1.76. The Morgan fingerprint density at radius 2 is 1.50 bits per heavy atom. The van der Waals surface area contributed by atoms with Gasteiger partial charge in [-0.2, -0.15) is 0 Å². The summed E-state index contributed by atoms with van der Waals surface area (Å²) in [5, 5.41) is 0. The van der Waals surface area contributed by atoms with Crippen molar-refractivity contribution in [1.82, 2.24) is 0 Å². The molecule has 104 valence electrons. The monoisotopic (exact) mass is 270 g/mol. The van der Waals surface area contributed by atoms with Crippen LogP contribution in [0.25, 0.3) is 0 Å². The average Bonchev–Trinajstić information content (AvgIpc) is 2.29. The maximum absolute atomic E-state index is 5.94. The summed E-state index contributed by atoms with van der Waals surface area (Å²) < 4.78 is 17.7. The number of hydrogen-bond donors (Lipinski definition) is 0. The van der Waals surface area contributed by atoms with E-state index < -0.39 is 8.32 Å². The van der Waals surface area contributed by atoms with Crippen molar-refractivity contribution in [2.24, 2.45) is 0 Å². The zero-order valence-corrected chi connectivity index (χ0v) is 14.0. The molecular formula is C13H27BO3Si. The lowest BCUT2D eigenvalue weighted by molar-refractivity contribution is 0.00578. The highest BCUT2D eigenvalue weighted by Gasteiger charge is 2.50. The average molecular weight is 270 g/mol. The van der Waals surface area contributed by atoms with Gasteiger partial charge in [-0.05, 0) is 54.3 Å². The van der Waals surface area contributed by atoms with Crippen molar-refractivity contribution in [1.29, 1.82) is 0 Å². The first kappa shape index (κ1) is 16.0. The Morgan fingerprint density at radius 3 is 1.89 bits per heavy atom. The molecule has 5 heteroatoms. The molecule has 0 spiro atoms. The maximum Gasteiger partial charge on any atom is 0.486 e. The van der Waals surface area contributed by atoms with Crippen molar-refractivity contribution in [2.45, 2.75) is 71.6 Å². The molecule has 1 rings (SSSR count). The van der Waals surface area contributed by atoms with E-state index in [9.17, 15) is 0 Å². The maximum atomic E-state index is 5.94. The molecule has 0 amide bonds. The van der Waals surface area contributed by atoms with E-state index >= 15 is 0 Å². The Morgan fingerprint density at radius 1 is 1.06 bits per heavy atom. The largest absolute Gasteiger partial charge is 0.486 e. The van der Waals surface area contributed by atoms with Gasteiger partial charge in [-0.25, -0.2) is 0 Å². The topological polar surface area (TPSA) is 27.7 Å². The third-order valence-corrected chi connectivity index (χ3v) is 4.43. The van der Waals surface area contributed by atoms with Gasteiger partial charge >= 0.3 is 7.12 Å². The van der Waals surface area contributed by atoms with Crippen LogP contribution in [-0.2, 0) is 13.7 Å². The molecule has 0 saturated carbocycles. The molecule has 0 unspecified atom stereocenters. The Kier molecular flexibility index (Phi) is 4.54. The summed E-state index contributed by atoms with van der Waals surface area (Å²) in [6, 6.07) is 0.